The van der Waals surface area contributed by atoms with E-state index in [1.807, 2.05) is 6.07 Å². The van der Waals surface area contributed by atoms with E-state index in [1.54, 1.807) is 77.8 Å². The summed E-state index contributed by atoms with van der Waals surface area (Å²) in [7, 11) is 1.60. The lowest BCUT2D eigenvalue weighted by atomic mass is 10.1. The molecule has 2 aromatic carbocycles. The molecule has 0 radical (unpaired) electrons. The average molecular weight is 750 g/mol. The molecule has 2 heterocycles. The number of anilines is 2. The Bertz CT molecular complexity index is 1780. The number of imide groups is 1. The smallest absolute Gasteiger partial charge is 0.420 e. The predicted molar refractivity (Wildman–Crippen MR) is 193 cm³/mol. The van der Waals surface area contributed by atoms with Gasteiger partial charge in [-0.15, -0.1) is 0 Å². The molecule has 0 aromatic heterocycles. The molecule has 2 aromatic rings. The van der Waals surface area contributed by atoms with Gasteiger partial charge in [0.25, 0.3) is 17.7 Å². The Morgan fingerprint density at radius 2 is 1.67 bits per heavy atom. The van der Waals surface area contributed by atoms with Crippen molar-refractivity contribution < 1.29 is 52.5 Å². The number of benzene rings is 2. The maximum Gasteiger partial charge on any atom is 0.420 e. The number of rotatable bonds is 9. The van der Waals surface area contributed by atoms with Gasteiger partial charge in [-0.05, 0) is 89.9 Å². The minimum absolute atomic E-state index is 0.0204. The predicted octanol–water partition coefficient (Wildman–Crippen LogP) is 4.39. The molecule has 2 aliphatic heterocycles. The SMILES string of the molecule is CO[C@H]1CCN(C(=O)c2cccc(N3CCO[C@H]([C@@H](OC(C)=O)C(=O)Nc4ccc(C#N)c(CN(C(=O)OC(C)(C)C)C(=O)OC(C)(C)C)c4)C3=O)c2)C1. The third-order valence-corrected chi connectivity index (χ3v) is 8.17. The van der Waals surface area contributed by atoms with Crippen molar-refractivity contribution >= 4 is 47.3 Å². The van der Waals surface area contributed by atoms with E-state index in [1.165, 1.54) is 23.1 Å². The summed E-state index contributed by atoms with van der Waals surface area (Å²) in [4.78, 5) is 83.2. The average Bonchev–Trinajstić information content (AvgIpc) is 3.57. The quantitative estimate of drug-likeness (QED) is 0.281. The molecule has 16 nitrogen and oxygen atoms in total. The van der Waals surface area contributed by atoms with Crippen LogP contribution in [0, 0.1) is 11.3 Å². The van der Waals surface area contributed by atoms with Crippen LogP contribution in [0.25, 0.3) is 0 Å². The largest absolute Gasteiger partial charge is 0.449 e. The highest BCUT2D eigenvalue weighted by Gasteiger charge is 2.43. The normalized spacial score (nSPS) is 17.9. The highest BCUT2D eigenvalue weighted by Crippen LogP contribution is 2.26. The topological polar surface area (TPSA) is 194 Å². The van der Waals surface area contributed by atoms with Crippen molar-refractivity contribution in [2.24, 2.45) is 0 Å². The van der Waals surface area contributed by atoms with E-state index < -0.39 is 59.9 Å². The number of esters is 1. The van der Waals surface area contributed by atoms with Gasteiger partial charge in [0.1, 0.15) is 11.2 Å². The van der Waals surface area contributed by atoms with Gasteiger partial charge in [0.05, 0.1) is 30.9 Å². The summed E-state index contributed by atoms with van der Waals surface area (Å²) in [5.74, 6) is -2.68. The molecular weight excluding hydrogens is 702 g/mol. The van der Waals surface area contributed by atoms with Crippen LogP contribution < -0.4 is 10.2 Å². The third-order valence-electron chi connectivity index (χ3n) is 8.17. The zero-order chi connectivity index (χ0) is 40.0. The standard InChI is InChI=1S/C38H47N5O11/c1-23(44)52-30(31-34(47)42(16-17-51-31)28-11-9-10-24(19-28)33(46)41-15-14-29(22-41)50-8)32(45)40-27-13-12-25(20-39)26(18-27)21-43(35(48)53-37(2,3)4)36(49)54-38(5,6)7/h9-13,18-19,29-31H,14-17,21-22H2,1-8H3,(H,40,45)/t29-,30+,31+/m0/s1. The number of hydrogen-bond donors (Lipinski definition) is 1. The number of nitrogens with one attached hydrogen (secondary N) is 1. The molecule has 2 saturated heterocycles. The number of ether oxygens (including phenoxy) is 5. The summed E-state index contributed by atoms with van der Waals surface area (Å²) in [5.41, 5.74) is -0.868. The summed E-state index contributed by atoms with van der Waals surface area (Å²) in [6.45, 7) is 11.4. The van der Waals surface area contributed by atoms with Gasteiger partial charge < -0.3 is 38.8 Å². The zero-order valence-electron chi connectivity index (χ0n) is 31.8. The van der Waals surface area contributed by atoms with Gasteiger partial charge in [0.15, 0.2) is 6.10 Å². The van der Waals surface area contributed by atoms with Crippen molar-refractivity contribution in [3.05, 3.63) is 59.2 Å². The Morgan fingerprint density at radius 1 is 1.00 bits per heavy atom. The van der Waals surface area contributed by atoms with E-state index in [-0.39, 0.29) is 42.0 Å². The van der Waals surface area contributed by atoms with Crippen LogP contribution in [0.2, 0.25) is 0 Å². The molecule has 2 aliphatic rings. The highest BCUT2D eigenvalue weighted by atomic mass is 16.6. The molecule has 2 fully saturated rings. The molecule has 0 unspecified atom stereocenters. The Hall–Kier alpha value is -5.53. The summed E-state index contributed by atoms with van der Waals surface area (Å²) in [5, 5.41) is 12.4. The zero-order valence-corrected chi connectivity index (χ0v) is 31.8. The summed E-state index contributed by atoms with van der Waals surface area (Å²) >= 11 is 0. The molecule has 1 N–H and O–H groups in total. The van der Waals surface area contributed by atoms with E-state index in [9.17, 15) is 34.0 Å². The second-order valence-electron chi connectivity index (χ2n) is 14.8. The summed E-state index contributed by atoms with van der Waals surface area (Å²) in [6.07, 6.45) is -4.69. The first kappa shape index (κ1) is 41.2. The first-order valence-corrected chi connectivity index (χ1v) is 17.4. The number of nitrogens with zero attached hydrogens (tertiary/aromatic N) is 4. The van der Waals surface area contributed by atoms with E-state index in [4.69, 9.17) is 23.7 Å². The highest BCUT2D eigenvalue weighted by molar-refractivity contribution is 6.05. The van der Waals surface area contributed by atoms with Crippen LogP contribution in [0.4, 0.5) is 21.0 Å². The summed E-state index contributed by atoms with van der Waals surface area (Å²) < 4.78 is 27.3. The fourth-order valence-electron chi connectivity index (χ4n) is 5.74. The first-order valence-electron chi connectivity index (χ1n) is 17.4. The Balaban J connectivity index is 1.57. The van der Waals surface area contributed by atoms with Gasteiger partial charge in [-0.1, -0.05) is 6.07 Å². The number of carbonyl (C=O) groups excluding carboxylic acids is 6. The minimum atomic E-state index is -1.75. The van der Waals surface area contributed by atoms with Gasteiger partial charge >= 0.3 is 18.2 Å². The van der Waals surface area contributed by atoms with Crippen molar-refractivity contribution in [3.63, 3.8) is 0 Å². The molecule has 4 rings (SSSR count). The maximum absolute atomic E-state index is 13.9. The van der Waals surface area contributed by atoms with E-state index in [0.717, 1.165) is 6.92 Å². The van der Waals surface area contributed by atoms with Gasteiger partial charge in [0, 0.05) is 50.6 Å². The molecule has 290 valence electrons. The van der Waals surface area contributed by atoms with Crippen LogP contribution in [0.1, 0.15) is 76.4 Å². The van der Waals surface area contributed by atoms with Gasteiger partial charge in [0.2, 0.25) is 6.10 Å². The molecular formula is C38H47N5O11. The monoisotopic (exact) mass is 749 g/mol. The molecule has 5 amide bonds. The number of morpholine rings is 1. The number of amides is 5. The minimum Gasteiger partial charge on any atom is -0.449 e. The van der Waals surface area contributed by atoms with Gasteiger partial charge in [-0.3, -0.25) is 19.2 Å². The van der Waals surface area contributed by atoms with Crippen LogP contribution in [-0.4, -0.2) is 109 Å². The second kappa shape index (κ2) is 17.1. The number of likely N-dealkylation sites (tertiary alicyclic amines) is 1. The lowest BCUT2D eigenvalue weighted by Gasteiger charge is -2.35. The van der Waals surface area contributed by atoms with Crippen molar-refractivity contribution in [2.45, 2.75) is 90.9 Å². The van der Waals surface area contributed by atoms with Crippen LogP contribution in [0.15, 0.2) is 42.5 Å². The second-order valence-corrected chi connectivity index (χ2v) is 14.8. The van der Waals surface area contributed by atoms with Crippen molar-refractivity contribution in [3.8, 4) is 6.07 Å². The van der Waals surface area contributed by atoms with Crippen molar-refractivity contribution in [1.29, 1.82) is 5.26 Å². The molecule has 0 aliphatic carbocycles. The van der Waals surface area contributed by atoms with E-state index >= 15 is 0 Å². The molecule has 16 heteroatoms. The Morgan fingerprint density at radius 3 is 2.24 bits per heavy atom. The molecule has 0 saturated carbocycles. The van der Waals surface area contributed by atoms with Crippen LogP contribution >= 0.6 is 0 Å². The van der Waals surface area contributed by atoms with Crippen LogP contribution in [0.5, 0.6) is 0 Å². The van der Waals surface area contributed by atoms with E-state index in [0.29, 0.717) is 35.7 Å². The summed E-state index contributed by atoms with van der Waals surface area (Å²) in [6, 6.07) is 12.6. The first-order chi connectivity index (χ1) is 25.3. The molecule has 54 heavy (non-hydrogen) atoms. The molecule has 3 atom stereocenters. The number of methoxy groups -OCH3 is 1. The van der Waals surface area contributed by atoms with Crippen LogP contribution in [0.3, 0.4) is 0 Å². The Kier molecular flexibility index (Phi) is 13.0. The van der Waals surface area contributed by atoms with Gasteiger partial charge in [-0.2, -0.15) is 5.26 Å². The van der Waals surface area contributed by atoms with E-state index in [2.05, 4.69) is 5.32 Å². The lowest BCUT2D eigenvalue weighted by Crippen LogP contribution is -2.56. The Labute approximate surface area is 314 Å². The number of nitriles is 1. The fraction of sp³-hybridized carbons (Fsp3) is 0.500. The molecule has 0 spiro atoms. The third kappa shape index (κ3) is 10.8. The van der Waals surface area contributed by atoms with Crippen LogP contribution in [-0.2, 0) is 44.6 Å². The number of hydrogen-bond acceptors (Lipinski definition) is 12. The lowest BCUT2D eigenvalue weighted by molar-refractivity contribution is -0.167. The number of carbonyl (C=O) groups is 6. The van der Waals surface area contributed by atoms with Crippen molar-refractivity contribution in [2.75, 3.05) is 43.6 Å². The molecule has 0 bridgehead atoms. The van der Waals surface area contributed by atoms with Gasteiger partial charge in [-0.25, -0.2) is 14.5 Å². The van der Waals surface area contributed by atoms with Crippen molar-refractivity contribution in [1.82, 2.24) is 9.80 Å². The fourth-order valence-corrected chi connectivity index (χ4v) is 5.74. The maximum atomic E-state index is 13.9.